The van der Waals surface area contributed by atoms with Crippen molar-refractivity contribution in [2.45, 2.75) is 24.7 Å². The van der Waals surface area contributed by atoms with Gasteiger partial charge in [-0.2, -0.15) is 5.10 Å². The van der Waals surface area contributed by atoms with Crippen molar-refractivity contribution in [1.82, 2.24) is 9.78 Å². The maximum absolute atomic E-state index is 12.3. The van der Waals surface area contributed by atoms with E-state index in [4.69, 9.17) is 0 Å². The van der Waals surface area contributed by atoms with Gasteiger partial charge in [0.1, 0.15) is 5.82 Å². The van der Waals surface area contributed by atoms with Crippen LogP contribution in [0.5, 0.6) is 0 Å². The molecule has 0 aliphatic rings. The second-order valence-electron chi connectivity index (χ2n) is 6.20. The molecule has 0 saturated carbocycles. The summed E-state index contributed by atoms with van der Waals surface area (Å²) >= 11 is 0. The number of hydrogen-bond acceptors (Lipinski definition) is 4. The molecule has 1 N–H and O–H groups in total. The van der Waals surface area contributed by atoms with Crippen LogP contribution in [0, 0.1) is 6.92 Å². The van der Waals surface area contributed by atoms with E-state index < -0.39 is 9.84 Å². The monoisotopic (exact) mass is 383 g/mol. The molecule has 0 bridgehead atoms. The predicted molar refractivity (Wildman–Crippen MR) is 105 cm³/mol. The van der Waals surface area contributed by atoms with Crippen molar-refractivity contribution in [2.24, 2.45) is 0 Å². The van der Waals surface area contributed by atoms with Gasteiger partial charge in [0.25, 0.3) is 0 Å². The van der Waals surface area contributed by atoms with Gasteiger partial charge in [0.05, 0.1) is 22.0 Å². The fourth-order valence-corrected chi connectivity index (χ4v) is 4.06. The maximum atomic E-state index is 12.3. The number of nitrogens with zero attached hydrogens (tertiary/aromatic N) is 2. The second kappa shape index (κ2) is 8.18. The lowest BCUT2D eigenvalue weighted by atomic mass is 10.3. The Labute approximate surface area is 158 Å². The average Bonchev–Trinajstić information content (AvgIpc) is 3.03. The highest BCUT2D eigenvalue weighted by atomic mass is 32.2. The third-order valence-corrected chi connectivity index (χ3v) is 5.84. The Balaban J connectivity index is 1.61. The largest absolute Gasteiger partial charge is 0.311 e. The summed E-state index contributed by atoms with van der Waals surface area (Å²) in [6, 6.07) is 19.6. The van der Waals surface area contributed by atoms with Crippen molar-refractivity contribution in [3.63, 3.8) is 0 Å². The molecule has 3 aromatic rings. The number of aryl methyl sites for hydroxylation is 1. The Morgan fingerprint density at radius 3 is 2.33 bits per heavy atom. The van der Waals surface area contributed by atoms with Crippen LogP contribution in [-0.4, -0.2) is 29.9 Å². The van der Waals surface area contributed by atoms with E-state index in [1.165, 1.54) is 0 Å². The van der Waals surface area contributed by atoms with Crippen molar-refractivity contribution >= 4 is 21.6 Å². The van der Waals surface area contributed by atoms with Crippen molar-refractivity contribution in [2.75, 3.05) is 11.1 Å². The summed E-state index contributed by atoms with van der Waals surface area (Å²) in [5.74, 6) is 0.256. The molecule has 0 fully saturated rings. The first-order valence-electron chi connectivity index (χ1n) is 8.65. The Morgan fingerprint density at radius 1 is 1.04 bits per heavy atom. The highest BCUT2D eigenvalue weighted by Crippen LogP contribution is 2.18. The fraction of sp³-hybridized carbons (Fsp3) is 0.200. The number of anilines is 1. The number of rotatable bonds is 7. The lowest BCUT2D eigenvalue weighted by Crippen LogP contribution is -2.16. The molecular formula is C20H21N3O3S. The summed E-state index contributed by atoms with van der Waals surface area (Å²) in [6.07, 6.45) is 0.368. The van der Waals surface area contributed by atoms with Crippen molar-refractivity contribution in [3.05, 3.63) is 72.4 Å². The first-order valence-corrected chi connectivity index (χ1v) is 10.3. The molecule has 2 aromatic carbocycles. The Hall–Kier alpha value is -2.93. The number of amides is 1. The topological polar surface area (TPSA) is 81.1 Å². The van der Waals surface area contributed by atoms with Crippen LogP contribution in [0.2, 0.25) is 0 Å². The molecule has 0 radical (unpaired) electrons. The van der Waals surface area contributed by atoms with Gasteiger partial charge in [0.2, 0.25) is 5.91 Å². The molecule has 1 heterocycles. The van der Waals surface area contributed by atoms with Gasteiger partial charge in [-0.05, 0) is 37.6 Å². The highest BCUT2D eigenvalue weighted by molar-refractivity contribution is 7.91. The number of hydrogen-bond donors (Lipinski definition) is 1. The number of para-hydroxylation sites is 1. The van der Waals surface area contributed by atoms with Gasteiger partial charge in [-0.15, -0.1) is 0 Å². The van der Waals surface area contributed by atoms with Gasteiger partial charge in [-0.1, -0.05) is 36.4 Å². The molecule has 7 heteroatoms. The lowest BCUT2D eigenvalue weighted by molar-refractivity contribution is -0.116. The quantitative estimate of drug-likeness (QED) is 0.678. The molecule has 140 valence electrons. The molecule has 0 spiro atoms. The molecule has 27 heavy (non-hydrogen) atoms. The van der Waals surface area contributed by atoms with Crippen LogP contribution in [0.3, 0.4) is 0 Å². The molecular weight excluding hydrogens is 362 g/mol. The second-order valence-corrected chi connectivity index (χ2v) is 8.31. The zero-order chi connectivity index (χ0) is 19.3. The Bertz CT molecular complexity index is 1010. The van der Waals surface area contributed by atoms with Crippen LogP contribution in [0.25, 0.3) is 5.69 Å². The molecule has 0 unspecified atom stereocenters. The van der Waals surface area contributed by atoms with E-state index >= 15 is 0 Å². The minimum absolute atomic E-state index is 0.0680. The predicted octanol–water partition coefficient (Wildman–Crippen LogP) is 3.37. The molecule has 1 aromatic heterocycles. The molecule has 1 amide bonds. The van der Waals surface area contributed by atoms with Crippen LogP contribution in [-0.2, 0) is 14.6 Å². The highest BCUT2D eigenvalue weighted by Gasteiger charge is 2.15. The van der Waals surface area contributed by atoms with Gasteiger partial charge in [-0.25, -0.2) is 13.1 Å². The summed E-state index contributed by atoms with van der Waals surface area (Å²) in [5.41, 5.74) is 1.62. The molecule has 0 atom stereocenters. The van der Waals surface area contributed by atoms with Gasteiger partial charge in [-0.3, -0.25) is 4.79 Å². The third kappa shape index (κ3) is 4.83. The van der Waals surface area contributed by atoms with Crippen LogP contribution < -0.4 is 5.32 Å². The smallest absolute Gasteiger partial charge is 0.225 e. The molecule has 0 aliphatic carbocycles. The zero-order valence-electron chi connectivity index (χ0n) is 15.0. The normalized spacial score (nSPS) is 11.3. The zero-order valence-corrected chi connectivity index (χ0v) is 15.8. The number of aromatic nitrogens is 2. The van der Waals surface area contributed by atoms with Crippen molar-refractivity contribution in [3.8, 4) is 5.69 Å². The average molecular weight is 383 g/mol. The van der Waals surface area contributed by atoms with Crippen molar-refractivity contribution < 1.29 is 13.2 Å². The number of benzene rings is 2. The standard InChI is InChI=1S/C20H21N3O3S/c1-16-15-19(23(22-16)17-9-4-2-5-10-17)21-20(24)13-8-14-27(25,26)18-11-6-3-7-12-18/h2-7,9-12,15H,8,13-14H2,1H3,(H,21,24). The Morgan fingerprint density at radius 2 is 1.67 bits per heavy atom. The summed E-state index contributed by atoms with van der Waals surface area (Å²) in [6.45, 7) is 1.85. The first kappa shape index (κ1) is 18.8. The van der Waals surface area contributed by atoms with E-state index in [9.17, 15) is 13.2 Å². The minimum atomic E-state index is -3.37. The number of nitrogens with one attached hydrogen (secondary N) is 1. The summed E-state index contributed by atoms with van der Waals surface area (Å²) < 4.78 is 26.2. The maximum Gasteiger partial charge on any atom is 0.225 e. The number of carbonyl (C=O) groups excluding carboxylic acids is 1. The van der Waals surface area contributed by atoms with Crippen LogP contribution in [0.15, 0.2) is 71.6 Å². The number of sulfone groups is 1. The third-order valence-electron chi connectivity index (χ3n) is 4.02. The van der Waals surface area contributed by atoms with E-state index in [-0.39, 0.29) is 29.4 Å². The molecule has 3 rings (SSSR count). The van der Waals surface area contributed by atoms with Crippen LogP contribution in [0.1, 0.15) is 18.5 Å². The van der Waals surface area contributed by atoms with Gasteiger partial charge >= 0.3 is 0 Å². The van der Waals surface area contributed by atoms with E-state index in [2.05, 4.69) is 10.4 Å². The fourth-order valence-electron chi connectivity index (χ4n) is 2.73. The lowest BCUT2D eigenvalue weighted by Gasteiger charge is -2.09. The minimum Gasteiger partial charge on any atom is -0.311 e. The van der Waals surface area contributed by atoms with E-state index in [0.29, 0.717) is 5.82 Å². The number of carbonyl (C=O) groups is 1. The Kier molecular flexibility index (Phi) is 5.71. The van der Waals surface area contributed by atoms with Gasteiger partial charge in [0.15, 0.2) is 9.84 Å². The van der Waals surface area contributed by atoms with E-state index in [1.807, 2.05) is 37.3 Å². The van der Waals surface area contributed by atoms with Gasteiger partial charge in [0, 0.05) is 12.5 Å². The van der Waals surface area contributed by atoms with E-state index in [1.54, 1.807) is 41.1 Å². The van der Waals surface area contributed by atoms with Crippen molar-refractivity contribution in [1.29, 1.82) is 0 Å². The first-order chi connectivity index (χ1) is 13.0. The van der Waals surface area contributed by atoms with E-state index in [0.717, 1.165) is 11.4 Å². The summed E-state index contributed by atoms with van der Waals surface area (Å²) in [7, 11) is -3.37. The SMILES string of the molecule is Cc1cc(NC(=O)CCCS(=O)(=O)c2ccccc2)n(-c2ccccc2)n1. The van der Waals surface area contributed by atoms with Crippen LogP contribution >= 0.6 is 0 Å². The summed E-state index contributed by atoms with van der Waals surface area (Å²) in [4.78, 5) is 12.6. The van der Waals surface area contributed by atoms with Crippen LogP contribution in [0.4, 0.5) is 5.82 Å². The van der Waals surface area contributed by atoms with Gasteiger partial charge < -0.3 is 5.32 Å². The molecule has 0 saturated heterocycles. The molecule has 6 nitrogen and oxygen atoms in total. The summed E-state index contributed by atoms with van der Waals surface area (Å²) in [5, 5.41) is 7.22. The molecule has 0 aliphatic heterocycles.